The van der Waals surface area contributed by atoms with Crippen LogP contribution in [-0.2, 0) is 9.53 Å². The van der Waals surface area contributed by atoms with Gasteiger partial charge < -0.3 is 15.4 Å². The largest absolute Gasteiger partial charge is 0.383 e. The Morgan fingerprint density at radius 3 is 2.83 bits per heavy atom. The van der Waals surface area contributed by atoms with Crippen LogP contribution in [0.15, 0.2) is 35.5 Å². The Labute approximate surface area is 167 Å². The molecule has 1 saturated heterocycles. The number of amides is 1. The summed E-state index contributed by atoms with van der Waals surface area (Å²) in [5.74, 6) is 0.450. The first-order valence-electron chi connectivity index (χ1n) is 9.76. The Kier molecular flexibility index (Phi) is 4.28. The Balaban J connectivity index is 1.54. The molecule has 5 rings (SSSR count). The highest BCUT2D eigenvalue weighted by atomic mass is 16.5. The maximum absolute atomic E-state index is 12.9. The minimum Gasteiger partial charge on any atom is -0.383 e. The number of aromatic nitrogens is 3. The Morgan fingerprint density at radius 1 is 1.24 bits per heavy atom. The molecule has 1 unspecified atom stereocenters. The molecule has 29 heavy (non-hydrogen) atoms. The number of fused-ring (bicyclic) bond motifs is 3. The average Bonchev–Trinajstić information content (AvgIpc) is 3.44. The third-order valence-electron chi connectivity index (χ3n) is 5.59. The molecule has 2 N–H and O–H groups in total. The maximum Gasteiger partial charge on any atom is 0.247 e. The van der Waals surface area contributed by atoms with Gasteiger partial charge in [0.05, 0.1) is 30.7 Å². The van der Waals surface area contributed by atoms with Crippen molar-refractivity contribution in [3.05, 3.63) is 36.0 Å². The summed E-state index contributed by atoms with van der Waals surface area (Å²) < 4.78 is 7.04. The van der Waals surface area contributed by atoms with Crippen molar-refractivity contribution in [2.24, 2.45) is 4.99 Å². The highest BCUT2D eigenvalue weighted by molar-refractivity contribution is 6.08. The van der Waals surface area contributed by atoms with Crippen molar-refractivity contribution in [1.29, 1.82) is 0 Å². The van der Waals surface area contributed by atoms with Gasteiger partial charge in [0, 0.05) is 30.9 Å². The molecule has 0 spiro atoms. The quantitative estimate of drug-likeness (QED) is 0.738. The molecule has 8 heteroatoms. The highest BCUT2D eigenvalue weighted by Gasteiger charge is 2.25. The maximum atomic E-state index is 12.9. The molecule has 2 aromatic heterocycles. The van der Waals surface area contributed by atoms with Crippen LogP contribution in [0.25, 0.3) is 27.4 Å². The van der Waals surface area contributed by atoms with Crippen molar-refractivity contribution in [2.75, 3.05) is 38.6 Å². The van der Waals surface area contributed by atoms with Crippen molar-refractivity contribution >= 4 is 45.3 Å². The fourth-order valence-electron chi connectivity index (χ4n) is 3.89. The summed E-state index contributed by atoms with van der Waals surface area (Å²) in [6.45, 7) is 4.91. The Bertz CT molecular complexity index is 1170. The number of hydrogen-bond donors (Lipinski definition) is 1. The van der Waals surface area contributed by atoms with Crippen LogP contribution in [-0.4, -0.2) is 64.6 Å². The number of ether oxygens (including phenoxy) is 1. The van der Waals surface area contributed by atoms with Crippen LogP contribution >= 0.6 is 0 Å². The fraction of sp³-hybridized carbons (Fsp3) is 0.333. The first kappa shape index (κ1) is 17.8. The van der Waals surface area contributed by atoms with Gasteiger partial charge in [-0.05, 0) is 36.3 Å². The molecule has 3 aromatic rings. The summed E-state index contributed by atoms with van der Waals surface area (Å²) in [6.07, 6.45) is 5.65. The van der Waals surface area contributed by atoms with Crippen molar-refractivity contribution in [1.82, 2.24) is 19.7 Å². The van der Waals surface area contributed by atoms with E-state index in [0.29, 0.717) is 38.7 Å². The van der Waals surface area contributed by atoms with Crippen molar-refractivity contribution in [3.63, 3.8) is 0 Å². The number of aliphatic imine (C=N–C) groups is 1. The Morgan fingerprint density at radius 2 is 2.07 bits per heavy atom. The van der Waals surface area contributed by atoms with Gasteiger partial charge in [-0.2, -0.15) is 5.10 Å². The number of allylic oxidation sites excluding steroid dienone is 1. The molecule has 148 valence electrons. The number of pyridine rings is 1. The molecular weight excluding hydrogens is 368 g/mol. The number of anilines is 1. The number of rotatable bonds is 3. The van der Waals surface area contributed by atoms with Gasteiger partial charge in [0.15, 0.2) is 0 Å². The number of hydrogen-bond acceptors (Lipinski definition) is 6. The zero-order valence-corrected chi connectivity index (χ0v) is 16.2. The SMILES string of the molecule is CC(C(=O)N1CCOCC1)n1cc2c(N)nc3cc(C4=CC=NC4)ccc3c2n1. The van der Waals surface area contributed by atoms with Gasteiger partial charge >= 0.3 is 0 Å². The summed E-state index contributed by atoms with van der Waals surface area (Å²) in [5, 5.41) is 6.40. The van der Waals surface area contributed by atoms with Gasteiger partial charge in [0.2, 0.25) is 5.91 Å². The minimum absolute atomic E-state index is 0.0346. The molecule has 0 saturated carbocycles. The van der Waals surface area contributed by atoms with Crippen LogP contribution < -0.4 is 5.73 Å². The zero-order chi connectivity index (χ0) is 20.0. The number of nitrogen functional groups attached to an aromatic ring is 1. The number of nitrogens with zero attached hydrogens (tertiary/aromatic N) is 5. The predicted molar refractivity (Wildman–Crippen MR) is 113 cm³/mol. The van der Waals surface area contributed by atoms with Gasteiger partial charge in [-0.1, -0.05) is 6.07 Å². The van der Waals surface area contributed by atoms with E-state index in [0.717, 1.165) is 32.9 Å². The lowest BCUT2D eigenvalue weighted by Crippen LogP contribution is -2.43. The molecule has 1 aromatic carbocycles. The lowest BCUT2D eigenvalue weighted by Gasteiger charge is -2.29. The lowest BCUT2D eigenvalue weighted by molar-refractivity contribution is -0.138. The van der Waals surface area contributed by atoms with Gasteiger partial charge in [0.25, 0.3) is 0 Å². The smallest absolute Gasteiger partial charge is 0.247 e. The molecule has 0 bridgehead atoms. The average molecular weight is 390 g/mol. The predicted octanol–water partition coefficient (Wildman–Crippen LogP) is 2.05. The van der Waals surface area contributed by atoms with Crippen LogP contribution in [0.1, 0.15) is 18.5 Å². The molecular formula is C21H22N6O2. The van der Waals surface area contributed by atoms with E-state index in [1.165, 1.54) is 0 Å². The molecule has 1 atom stereocenters. The second-order valence-electron chi connectivity index (χ2n) is 7.40. The summed E-state index contributed by atoms with van der Waals surface area (Å²) in [6, 6.07) is 5.67. The van der Waals surface area contributed by atoms with Crippen molar-refractivity contribution in [3.8, 4) is 0 Å². The van der Waals surface area contributed by atoms with E-state index >= 15 is 0 Å². The molecule has 1 fully saturated rings. The summed E-state index contributed by atoms with van der Waals surface area (Å²) in [4.78, 5) is 23.5. The Hall–Kier alpha value is -3.26. The summed E-state index contributed by atoms with van der Waals surface area (Å²) in [5.41, 5.74) is 10.0. The number of carbonyl (C=O) groups is 1. The van der Waals surface area contributed by atoms with Gasteiger partial charge in [-0.3, -0.25) is 14.5 Å². The number of carbonyl (C=O) groups excluding carboxylic acids is 1. The van der Waals surface area contributed by atoms with Gasteiger partial charge in [-0.25, -0.2) is 4.98 Å². The molecule has 1 amide bonds. The van der Waals surface area contributed by atoms with Crippen LogP contribution in [0.4, 0.5) is 5.82 Å². The van der Waals surface area contributed by atoms with E-state index in [1.54, 1.807) is 4.68 Å². The third kappa shape index (κ3) is 3.05. The third-order valence-corrected chi connectivity index (χ3v) is 5.59. The first-order valence-corrected chi connectivity index (χ1v) is 9.76. The number of nitrogens with two attached hydrogens (primary N) is 1. The standard InChI is InChI=1S/C21H22N6O2/c1-13(21(28)26-6-8-29-9-7-26)27-12-17-19(25-27)16-3-2-14(15-4-5-23-11-15)10-18(16)24-20(17)22/h2-5,10,12-13H,6-9,11H2,1H3,(H2,22,24). The van der Waals surface area contributed by atoms with Crippen molar-refractivity contribution in [2.45, 2.75) is 13.0 Å². The first-order chi connectivity index (χ1) is 14.1. The topological polar surface area (TPSA) is 98.6 Å². The van der Waals surface area contributed by atoms with Crippen LogP contribution in [0.3, 0.4) is 0 Å². The lowest BCUT2D eigenvalue weighted by atomic mass is 10.0. The zero-order valence-electron chi connectivity index (χ0n) is 16.2. The molecule has 8 nitrogen and oxygen atoms in total. The second-order valence-corrected chi connectivity index (χ2v) is 7.40. The normalized spacial score (nSPS) is 17.8. The second kappa shape index (κ2) is 6.97. The molecule has 0 radical (unpaired) electrons. The van der Waals surface area contributed by atoms with Gasteiger partial charge in [0.1, 0.15) is 17.4 Å². The molecule has 2 aliphatic rings. The van der Waals surface area contributed by atoms with Crippen LogP contribution in [0.5, 0.6) is 0 Å². The van der Waals surface area contributed by atoms with Gasteiger partial charge in [-0.15, -0.1) is 0 Å². The number of benzene rings is 1. The van der Waals surface area contributed by atoms with E-state index < -0.39 is 6.04 Å². The minimum atomic E-state index is -0.421. The summed E-state index contributed by atoms with van der Waals surface area (Å²) in [7, 11) is 0. The van der Waals surface area contributed by atoms with E-state index in [9.17, 15) is 4.79 Å². The highest BCUT2D eigenvalue weighted by Crippen LogP contribution is 2.30. The molecule has 2 aliphatic heterocycles. The van der Waals surface area contributed by atoms with E-state index in [1.807, 2.05) is 42.4 Å². The van der Waals surface area contributed by atoms with E-state index in [2.05, 4.69) is 16.0 Å². The fourth-order valence-corrected chi connectivity index (χ4v) is 3.89. The van der Waals surface area contributed by atoms with Crippen LogP contribution in [0.2, 0.25) is 0 Å². The van der Waals surface area contributed by atoms with E-state index in [4.69, 9.17) is 15.6 Å². The van der Waals surface area contributed by atoms with E-state index in [-0.39, 0.29) is 5.91 Å². The summed E-state index contributed by atoms with van der Waals surface area (Å²) >= 11 is 0. The van der Waals surface area contributed by atoms with Crippen LogP contribution in [0, 0.1) is 0 Å². The van der Waals surface area contributed by atoms with Crippen molar-refractivity contribution < 1.29 is 9.53 Å². The monoisotopic (exact) mass is 390 g/mol. The molecule has 4 heterocycles. The number of morpholine rings is 1. The molecule has 0 aliphatic carbocycles.